The molecule has 0 bridgehead atoms. The molecule has 3 rings (SSSR count). The topological polar surface area (TPSA) is 29.9 Å². The van der Waals surface area contributed by atoms with Crippen LogP contribution in [0.25, 0.3) is 0 Å². The predicted octanol–water partition coefficient (Wildman–Crippen LogP) is 3.38. The Bertz CT molecular complexity index is 567. The summed E-state index contributed by atoms with van der Waals surface area (Å²) in [5.74, 6) is -2.53. The molecular weight excluding hydrogens is 243 g/mol. The largest absolute Gasteiger partial charge is 0.321 e. The summed E-state index contributed by atoms with van der Waals surface area (Å²) in [7, 11) is 0. The molecule has 0 amide bonds. The highest BCUT2D eigenvalue weighted by molar-refractivity contribution is 5.55. The van der Waals surface area contributed by atoms with E-state index in [1.165, 1.54) is 0 Å². The van der Waals surface area contributed by atoms with Crippen LogP contribution >= 0.6 is 0 Å². The lowest BCUT2D eigenvalue weighted by molar-refractivity contribution is 0.548. The van der Waals surface area contributed by atoms with Crippen molar-refractivity contribution in [1.29, 1.82) is 0 Å². The molecular formula is C12H10F3N3. The van der Waals surface area contributed by atoms with Crippen molar-refractivity contribution in [2.45, 2.75) is 18.9 Å². The second-order valence-corrected chi connectivity index (χ2v) is 4.26. The third kappa shape index (κ3) is 1.94. The first kappa shape index (κ1) is 11.1. The molecule has 1 fully saturated rings. The Morgan fingerprint density at radius 3 is 2.44 bits per heavy atom. The van der Waals surface area contributed by atoms with Crippen LogP contribution in [0.1, 0.15) is 18.9 Å². The summed E-state index contributed by atoms with van der Waals surface area (Å²) in [6.07, 6.45) is 5.36. The lowest BCUT2D eigenvalue weighted by Gasteiger charge is -2.10. The number of hydrogen-bond donors (Lipinski definition) is 1. The average Bonchev–Trinajstić information content (AvgIpc) is 3.04. The molecule has 3 nitrogen and oxygen atoms in total. The van der Waals surface area contributed by atoms with Gasteiger partial charge in [0.15, 0.2) is 11.6 Å². The molecule has 2 aromatic rings. The number of benzene rings is 1. The Balaban J connectivity index is 1.94. The van der Waals surface area contributed by atoms with E-state index in [-0.39, 0.29) is 5.69 Å². The fraction of sp³-hybridized carbons (Fsp3) is 0.250. The van der Waals surface area contributed by atoms with E-state index in [0.717, 1.165) is 12.8 Å². The van der Waals surface area contributed by atoms with E-state index in [2.05, 4.69) is 10.3 Å². The molecule has 1 saturated carbocycles. The second-order valence-electron chi connectivity index (χ2n) is 4.26. The number of nitrogens with one attached hydrogen (secondary N) is 1. The van der Waals surface area contributed by atoms with Gasteiger partial charge in [-0.05, 0) is 12.8 Å². The highest BCUT2D eigenvalue weighted by Crippen LogP contribution is 2.37. The van der Waals surface area contributed by atoms with Gasteiger partial charge in [0, 0.05) is 30.6 Å². The van der Waals surface area contributed by atoms with Crippen molar-refractivity contribution in [2.75, 3.05) is 5.32 Å². The van der Waals surface area contributed by atoms with Gasteiger partial charge >= 0.3 is 0 Å². The fourth-order valence-electron chi connectivity index (χ4n) is 1.83. The van der Waals surface area contributed by atoms with Gasteiger partial charge in [0.25, 0.3) is 0 Å². The fourth-order valence-corrected chi connectivity index (χ4v) is 1.83. The molecule has 1 aliphatic rings. The van der Waals surface area contributed by atoms with E-state index in [9.17, 15) is 13.2 Å². The van der Waals surface area contributed by atoms with Crippen molar-refractivity contribution >= 4 is 11.6 Å². The predicted molar refractivity (Wildman–Crippen MR) is 60.1 cm³/mol. The van der Waals surface area contributed by atoms with Crippen molar-refractivity contribution in [2.24, 2.45) is 0 Å². The maximum absolute atomic E-state index is 13.5. The minimum Gasteiger partial charge on any atom is -0.321 e. The highest BCUT2D eigenvalue weighted by atomic mass is 19.1. The van der Waals surface area contributed by atoms with Crippen LogP contribution in [-0.2, 0) is 0 Å². The lowest BCUT2D eigenvalue weighted by Crippen LogP contribution is -2.05. The molecule has 0 unspecified atom stereocenters. The van der Waals surface area contributed by atoms with Gasteiger partial charge in [0.05, 0.1) is 0 Å². The molecule has 1 aromatic heterocycles. The van der Waals surface area contributed by atoms with Gasteiger partial charge in [-0.25, -0.2) is 18.2 Å². The second kappa shape index (κ2) is 4.04. The number of aromatic nitrogens is 2. The molecule has 1 aliphatic carbocycles. The molecule has 0 saturated heterocycles. The standard InChI is InChI=1S/C12H10F3N3/c13-7-5-9(14)11(10(15)6-7)17-12-16-3-4-18(12)8-1-2-8/h3-6,8H,1-2H2,(H,16,17). The Morgan fingerprint density at radius 2 is 1.83 bits per heavy atom. The van der Waals surface area contributed by atoms with Crippen molar-refractivity contribution in [3.05, 3.63) is 42.0 Å². The Morgan fingerprint density at radius 1 is 1.17 bits per heavy atom. The summed E-state index contributed by atoms with van der Waals surface area (Å²) in [6.45, 7) is 0. The molecule has 0 spiro atoms. The molecule has 0 atom stereocenters. The van der Waals surface area contributed by atoms with Gasteiger partial charge in [0.2, 0.25) is 5.95 Å². The van der Waals surface area contributed by atoms with Gasteiger partial charge in [-0.15, -0.1) is 0 Å². The van der Waals surface area contributed by atoms with Crippen LogP contribution in [0.4, 0.5) is 24.8 Å². The van der Waals surface area contributed by atoms with E-state index < -0.39 is 17.5 Å². The summed E-state index contributed by atoms with van der Waals surface area (Å²) in [4.78, 5) is 4.00. The van der Waals surface area contributed by atoms with Crippen LogP contribution in [0.3, 0.4) is 0 Å². The zero-order valence-corrected chi connectivity index (χ0v) is 9.33. The van der Waals surface area contributed by atoms with Crippen molar-refractivity contribution in [1.82, 2.24) is 9.55 Å². The zero-order valence-electron chi connectivity index (χ0n) is 9.33. The number of hydrogen-bond acceptors (Lipinski definition) is 2. The molecule has 1 N–H and O–H groups in total. The smallest absolute Gasteiger partial charge is 0.207 e. The maximum atomic E-state index is 13.5. The molecule has 0 radical (unpaired) electrons. The van der Waals surface area contributed by atoms with Crippen LogP contribution in [-0.4, -0.2) is 9.55 Å². The van der Waals surface area contributed by atoms with E-state index in [1.807, 2.05) is 4.57 Å². The van der Waals surface area contributed by atoms with Crippen molar-refractivity contribution in [3.8, 4) is 0 Å². The molecule has 18 heavy (non-hydrogen) atoms. The molecule has 94 valence electrons. The molecule has 1 heterocycles. The average molecular weight is 253 g/mol. The number of nitrogens with zero attached hydrogens (tertiary/aromatic N) is 2. The summed E-state index contributed by atoms with van der Waals surface area (Å²) in [5.41, 5.74) is -0.385. The highest BCUT2D eigenvalue weighted by Gasteiger charge is 2.26. The minimum atomic E-state index is -0.974. The third-order valence-corrected chi connectivity index (χ3v) is 2.85. The molecule has 0 aliphatic heterocycles. The van der Waals surface area contributed by atoms with Crippen molar-refractivity contribution < 1.29 is 13.2 Å². The number of halogens is 3. The SMILES string of the molecule is Fc1cc(F)c(Nc2nccn2C2CC2)c(F)c1. The van der Waals surface area contributed by atoms with Gasteiger partial charge in [0.1, 0.15) is 11.5 Å². The van der Waals surface area contributed by atoms with Gasteiger partial charge in [-0.3, -0.25) is 0 Å². The lowest BCUT2D eigenvalue weighted by atomic mass is 10.3. The van der Waals surface area contributed by atoms with E-state index in [4.69, 9.17) is 0 Å². The summed E-state index contributed by atoms with van der Waals surface area (Å²) >= 11 is 0. The van der Waals surface area contributed by atoms with E-state index >= 15 is 0 Å². The van der Waals surface area contributed by atoms with Crippen LogP contribution in [0.5, 0.6) is 0 Å². The summed E-state index contributed by atoms with van der Waals surface area (Å²) < 4.78 is 41.5. The normalized spacial score (nSPS) is 14.8. The summed E-state index contributed by atoms with van der Waals surface area (Å²) in [5, 5.41) is 2.57. The van der Waals surface area contributed by atoms with Crippen LogP contribution in [0.15, 0.2) is 24.5 Å². The Kier molecular flexibility index (Phi) is 2.50. The number of rotatable bonds is 3. The quantitative estimate of drug-likeness (QED) is 0.908. The van der Waals surface area contributed by atoms with Gasteiger partial charge in [-0.1, -0.05) is 0 Å². The Labute approximate surface area is 101 Å². The van der Waals surface area contributed by atoms with Gasteiger partial charge < -0.3 is 9.88 Å². The first-order chi connectivity index (χ1) is 8.65. The first-order valence-electron chi connectivity index (χ1n) is 5.59. The van der Waals surface area contributed by atoms with E-state index in [0.29, 0.717) is 24.1 Å². The van der Waals surface area contributed by atoms with Crippen LogP contribution in [0, 0.1) is 17.5 Å². The number of imidazole rings is 1. The van der Waals surface area contributed by atoms with Crippen LogP contribution in [0.2, 0.25) is 0 Å². The van der Waals surface area contributed by atoms with Gasteiger partial charge in [-0.2, -0.15) is 0 Å². The molecule has 6 heteroatoms. The zero-order chi connectivity index (χ0) is 12.7. The first-order valence-corrected chi connectivity index (χ1v) is 5.59. The Hall–Kier alpha value is -1.98. The minimum absolute atomic E-state index is 0.335. The maximum Gasteiger partial charge on any atom is 0.207 e. The molecule has 1 aromatic carbocycles. The number of anilines is 2. The monoisotopic (exact) mass is 253 g/mol. The third-order valence-electron chi connectivity index (χ3n) is 2.85. The summed E-state index contributed by atoms with van der Waals surface area (Å²) in [6, 6.07) is 1.60. The van der Waals surface area contributed by atoms with Crippen LogP contribution < -0.4 is 5.32 Å². The van der Waals surface area contributed by atoms with E-state index in [1.54, 1.807) is 12.4 Å². The van der Waals surface area contributed by atoms with Crippen molar-refractivity contribution in [3.63, 3.8) is 0 Å².